The molecule has 1 heterocycles. The molecule has 0 saturated heterocycles. The zero-order valence-corrected chi connectivity index (χ0v) is 10.3. The van der Waals surface area contributed by atoms with Crippen LogP contribution in [0.25, 0.3) is 11.3 Å². The van der Waals surface area contributed by atoms with Gasteiger partial charge in [0.05, 0.1) is 18.2 Å². The summed E-state index contributed by atoms with van der Waals surface area (Å²) < 4.78 is 0. The van der Waals surface area contributed by atoms with E-state index in [-0.39, 0.29) is 0 Å². The van der Waals surface area contributed by atoms with Gasteiger partial charge in [0, 0.05) is 10.9 Å². The van der Waals surface area contributed by atoms with Gasteiger partial charge in [0.1, 0.15) is 5.01 Å². The monoisotopic (exact) mass is 240 g/mol. The van der Waals surface area contributed by atoms with E-state index in [1.165, 1.54) is 36.0 Å². The van der Waals surface area contributed by atoms with Gasteiger partial charge in [-0.2, -0.15) is 5.26 Å². The van der Waals surface area contributed by atoms with Crippen molar-refractivity contribution in [3.05, 3.63) is 39.7 Å². The van der Waals surface area contributed by atoms with Crippen LogP contribution in [-0.4, -0.2) is 4.98 Å². The number of nitrogens with zero attached hydrogens (tertiary/aromatic N) is 2. The molecule has 3 rings (SSSR count). The largest absolute Gasteiger partial charge is 0.240 e. The van der Waals surface area contributed by atoms with Gasteiger partial charge in [-0.1, -0.05) is 12.1 Å². The van der Waals surface area contributed by atoms with E-state index >= 15 is 0 Å². The molecular weight excluding hydrogens is 228 g/mol. The summed E-state index contributed by atoms with van der Waals surface area (Å²) in [5.41, 5.74) is 5.15. The highest BCUT2D eigenvalue weighted by atomic mass is 32.1. The van der Waals surface area contributed by atoms with Gasteiger partial charge in [0.25, 0.3) is 0 Å². The Balaban J connectivity index is 1.95. The van der Waals surface area contributed by atoms with Crippen molar-refractivity contribution in [1.29, 1.82) is 5.26 Å². The molecule has 1 aliphatic rings. The Hall–Kier alpha value is -1.66. The first-order valence-corrected chi connectivity index (χ1v) is 6.68. The maximum Gasteiger partial charge on any atom is 0.107 e. The van der Waals surface area contributed by atoms with Crippen LogP contribution in [0.5, 0.6) is 0 Å². The van der Waals surface area contributed by atoms with Crippen LogP contribution in [-0.2, 0) is 19.3 Å². The van der Waals surface area contributed by atoms with Crippen LogP contribution < -0.4 is 0 Å². The second-order valence-corrected chi connectivity index (χ2v) is 5.24. The van der Waals surface area contributed by atoms with Gasteiger partial charge in [0.15, 0.2) is 0 Å². The van der Waals surface area contributed by atoms with Crippen LogP contribution in [0.2, 0.25) is 0 Å². The molecule has 1 aliphatic carbocycles. The molecule has 0 unspecified atom stereocenters. The number of rotatable bonds is 2. The lowest BCUT2D eigenvalue weighted by atomic mass is 10.1. The van der Waals surface area contributed by atoms with Gasteiger partial charge in [0.2, 0.25) is 0 Å². The summed E-state index contributed by atoms with van der Waals surface area (Å²) in [5, 5.41) is 11.6. The van der Waals surface area contributed by atoms with E-state index in [1.807, 2.05) is 5.38 Å². The fraction of sp³-hybridized carbons (Fsp3) is 0.286. The summed E-state index contributed by atoms with van der Waals surface area (Å²) in [6, 6.07) is 8.77. The van der Waals surface area contributed by atoms with E-state index in [0.717, 1.165) is 10.7 Å². The van der Waals surface area contributed by atoms with E-state index in [9.17, 15) is 0 Å². The fourth-order valence-electron chi connectivity index (χ4n) is 2.32. The van der Waals surface area contributed by atoms with Crippen molar-refractivity contribution in [2.75, 3.05) is 0 Å². The number of aromatic nitrogens is 1. The number of benzene rings is 1. The van der Waals surface area contributed by atoms with Gasteiger partial charge < -0.3 is 0 Å². The van der Waals surface area contributed by atoms with Gasteiger partial charge in [-0.15, -0.1) is 11.3 Å². The average Bonchev–Trinajstić information content (AvgIpc) is 2.96. The number of aryl methyl sites for hydroxylation is 2. The Morgan fingerprint density at radius 3 is 3.06 bits per heavy atom. The lowest BCUT2D eigenvalue weighted by Gasteiger charge is -2.01. The topological polar surface area (TPSA) is 36.7 Å². The minimum atomic E-state index is 0.412. The molecule has 1 aromatic heterocycles. The third kappa shape index (κ3) is 1.96. The summed E-state index contributed by atoms with van der Waals surface area (Å²) >= 11 is 1.57. The number of hydrogen-bond acceptors (Lipinski definition) is 3. The van der Waals surface area contributed by atoms with Crippen molar-refractivity contribution >= 4 is 11.3 Å². The van der Waals surface area contributed by atoms with Crippen LogP contribution in [0.4, 0.5) is 0 Å². The SMILES string of the molecule is N#CCc1nc(-c2ccc3c(c2)CCC3)cs1. The van der Waals surface area contributed by atoms with E-state index < -0.39 is 0 Å². The number of fused-ring (bicyclic) bond motifs is 1. The normalized spacial score (nSPS) is 13.4. The number of hydrogen-bond donors (Lipinski definition) is 0. The lowest BCUT2D eigenvalue weighted by Crippen LogP contribution is -1.85. The molecule has 0 N–H and O–H groups in total. The minimum absolute atomic E-state index is 0.412. The van der Waals surface area contributed by atoms with Crippen molar-refractivity contribution in [3.63, 3.8) is 0 Å². The smallest absolute Gasteiger partial charge is 0.107 e. The molecule has 2 aromatic rings. The molecule has 0 saturated carbocycles. The van der Waals surface area contributed by atoms with Crippen molar-refractivity contribution in [2.24, 2.45) is 0 Å². The van der Waals surface area contributed by atoms with E-state index in [1.54, 1.807) is 11.3 Å². The van der Waals surface area contributed by atoms with E-state index in [2.05, 4.69) is 29.3 Å². The van der Waals surface area contributed by atoms with Gasteiger partial charge in [-0.3, -0.25) is 0 Å². The second kappa shape index (κ2) is 4.31. The van der Waals surface area contributed by atoms with Crippen LogP contribution in [0.15, 0.2) is 23.6 Å². The first-order valence-electron chi connectivity index (χ1n) is 5.80. The van der Waals surface area contributed by atoms with Crippen LogP contribution in [0.1, 0.15) is 22.6 Å². The molecule has 0 amide bonds. The average molecular weight is 240 g/mol. The maximum atomic E-state index is 8.64. The van der Waals surface area contributed by atoms with Gasteiger partial charge in [-0.05, 0) is 36.5 Å². The van der Waals surface area contributed by atoms with Crippen molar-refractivity contribution < 1.29 is 0 Å². The first kappa shape index (κ1) is 10.5. The standard InChI is InChI=1S/C14H12N2S/c15-7-6-14-16-13(9-17-14)12-5-4-10-2-1-3-11(10)8-12/h4-5,8-9H,1-3,6H2. The third-order valence-corrected chi connectivity index (χ3v) is 4.03. The van der Waals surface area contributed by atoms with Crippen molar-refractivity contribution in [2.45, 2.75) is 25.7 Å². The predicted molar refractivity (Wildman–Crippen MR) is 68.9 cm³/mol. The number of nitriles is 1. The van der Waals surface area contributed by atoms with E-state index in [4.69, 9.17) is 5.26 Å². The molecule has 0 atom stereocenters. The molecule has 3 heteroatoms. The molecule has 84 valence electrons. The Morgan fingerprint density at radius 1 is 1.29 bits per heavy atom. The Labute approximate surface area is 105 Å². The molecule has 1 aromatic carbocycles. The fourth-order valence-corrected chi connectivity index (χ4v) is 3.06. The van der Waals surface area contributed by atoms with Crippen LogP contribution >= 0.6 is 11.3 Å². The van der Waals surface area contributed by atoms with Crippen LogP contribution in [0.3, 0.4) is 0 Å². The minimum Gasteiger partial charge on any atom is -0.240 e. The first-order chi connectivity index (χ1) is 8.36. The Kier molecular flexibility index (Phi) is 2.66. The number of thiazole rings is 1. The highest BCUT2D eigenvalue weighted by Crippen LogP contribution is 2.28. The van der Waals surface area contributed by atoms with Crippen molar-refractivity contribution in [1.82, 2.24) is 4.98 Å². The molecule has 0 bridgehead atoms. The molecule has 17 heavy (non-hydrogen) atoms. The maximum absolute atomic E-state index is 8.64. The van der Waals surface area contributed by atoms with Gasteiger partial charge in [-0.25, -0.2) is 4.98 Å². The highest BCUT2D eigenvalue weighted by molar-refractivity contribution is 7.10. The van der Waals surface area contributed by atoms with Crippen LogP contribution in [0, 0.1) is 11.3 Å². The quantitative estimate of drug-likeness (QED) is 0.807. The second-order valence-electron chi connectivity index (χ2n) is 4.30. The molecule has 0 aliphatic heterocycles. The van der Waals surface area contributed by atoms with Crippen molar-refractivity contribution in [3.8, 4) is 17.3 Å². The predicted octanol–water partition coefficient (Wildman–Crippen LogP) is 3.36. The molecule has 2 nitrogen and oxygen atoms in total. The third-order valence-electron chi connectivity index (χ3n) is 3.18. The summed E-state index contributed by atoms with van der Waals surface area (Å²) in [6.45, 7) is 0. The lowest BCUT2D eigenvalue weighted by molar-refractivity contribution is 0.912. The summed E-state index contributed by atoms with van der Waals surface area (Å²) in [6.07, 6.45) is 4.09. The van der Waals surface area contributed by atoms with Gasteiger partial charge >= 0.3 is 0 Å². The zero-order valence-electron chi connectivity index (χ0n) is 9.44. The Morgan fingerprint density at radius 2 is 2.18 bits per heavy atom. The molecule has 0 fully saturated rings. The zero-order chi connectivity index (χ0) is 11.7. The summed E-state index contributed by atoms with van der Waals surface area (Å²) in [7, 11) is 0. The molecule has 0 radical (unpaired) electrons. The summed E-state index contributed by atoms with van der Waals surface area (Å²) in [5.74, 6) is 0. The Bertz CT molecular complexity index is 593. The summed E-state index contributed by atoms with van der Waals surface area (Å²) in [4.78, 5) is 4.49. The highest BCUT2D eigenvalue weighted by Gasteiger charge is 2.12. The molecule has 0 spiro atoms. The molecular formula is C14H12N2S. The van der Waals surface area contributed by atoms with E-state index in [0.29, 0.717) is 6.42 Å².